The normalized spacial score (nSPS) is 42.6. The van der Waals surface area contributed by atoms with Crippen LogP contribution in [0.4, 0.5) is 0 Å². The molecule has 0 aliphatic heterocycles. The lowest BCUT2D eigenvalue weighted by Crippen LogP contribution is -2.39. The maximum absolute atomic E-state index is 11.8. The van der Waals surface area contributed by atoms with Crippen molar-refractivity contribution in [2.45, 2.75) is 51.4 Å². The van der Waals surface area contributed by atoms with Crippen LogP contribution in [-0.2, 0) is 4.79 Å². The molecule has 4 atom stereocenters. The molecule has 0 bridgehead atoms. The van der Waals surface area contributed by atoms with E-state index in [-0.39, 0.29) is 0 Å². The fourth-order valence-corrected chi connectivity index (χ4v) is 5.30. The third-order valence-electron chi connectivity index (χ3n) is 6.07. The highest BCUT2D eigenvalue weighted by Gasteiger charge is 2.44. The summed E-state index contributed by atoms with van der Waals surface area (Å²) in [5.41, 5.74) is 2.62. The molecule has 0 aromatic heterocycles. The van der Waals surface area contributed by atoms with E-state index in [1.54, 1.807) is 0 Å². The van der Waals surface area contributed by atoms with Gasteiger partial charge in [0.05, 0.1) is 0 Å². The van der Waals surface area contributed by atoms with Gasteiger partial charge in [-0.1, -0.05) is 25.3 Å². The zero-order valence-electron chi connectivity index (χ0n) is 11.0. The molecule has 0 radical (unpaired) electrons. The van der Waals surface area contributed by atoms with Crippen LogP contribution in [0.2, 0.25) is 0 Å². The van der Waals surface area contributed by atoms with Crippen molar-refractivity contribution in [1.82, 2.24) is 0 Å². The largest absolute Gasteiger partial charge is 0.290 e. The smallest absolute Gasteiger partial charge is 0.182 e. The van der Waals surface area contributed by atoms with E-state index in [1.807, 2.05) is 6.08 Å². The van der Waals surface area contributed by atoms with Gasteiger partial charge in [0.15, 0.2) is 5.78 Å². The molecule has 0 spiro atoms. The van der Waals surface area contributed by atoms with Crippen LogP contribution in [0.25, 0.3) is 0 Å². The summed E-state index contributed by atoms with van der Waals surface area (Å²) < 4.78 is 0. The Kier molecular flexibility index (Phi) is 2.50. The third kappa shape index (κ3) is 1.49. The van der Waals surface area contributed by atoms with Crippen molar-refractivity contribution in [2.24, 2.45) is 23.7 Å². The highest BCUT2D eigenvalue weighted by atomic mass is 16.1. The minimum absolute atomic E-state index is 0.314. The Labute approximate surface area is 109 Å². The lowest BCUT2D eigenvalue weighted by Gasteiger charge is -2.48. The van der Waals surface area contributed by atoms with E-state index >= 15 is 0 Å². The van der Waals surface area contributed by atoms with Crippen LogP contribution in [0, 0.1) is 23.7 Å². The summed E-state index contributed by atoms with van der Waals surface area (Å²) in [5.74, 6) is 3.95. The van der Waals surface area contributed by atoms with Gasteiger partial charge in [-0.3, -0.25) is 4.79 Å². The predicted octanol–water partition coefficient (Wildman–Crippen LogP) is 4.05. The minimum Gasteiger partial charge on any atom is -0.290 e. The second-order valence-corrected chi connectivity index (χ2v) is 6.73. The van der Waals surface area contributed by atoms with E-state index in [0.29, 0.717) is 5.78 Å². The zero-order chi connectivity index (χ0) is 12.1. The molecular formula is C17H22O. The fourth-order valence-electron chi connectivity index (χ4n) is 5.30. The van der Waals surface area contributed by atoms with E-state index in [0.717, 1.165) is 30.1 Å². The summed E-state index contributed by atoms with van der Waals surface area (Å²) in [6.07, 6.45) is 14.9. The number of carbonyl (C=O) groups excluding carboxylic acids is 1. The van der Waals surface area contributed by atoms with Gasteiger partial charge in [-0.2, -0.15) is 0 Å². The number of rotatable bonds is 0. The van der Waals surface area contributed by atoms with Crippen LogP contribution in [0.5, 0.6) is 0 Å². The Morgan fingerprint density at radius 1 is 0.889 bits per heavy atom. The fraction of sp³-hybridized carbons (Fsp3) is 0.706. The van der Waals surface area contributed by atoms with Crippen molar-refractivity contribution in [3.05, 3.63) is 23.3 Å². The molecule has 4 aliphatic rings. The SMILES string of the molecule is O=C1C=CC2=C1CCC1C2CCC2CCCCC21. The molecule has 4 aliphatic carbocycles. The van der Waals surface area contributed by atoms with Crippen LogP contribution >= 0.6 is 0 Å². The highest BCUT2D eigenvalue weighted by molar-refractivity contribution is 6.08. The number of fused-ring (bicyclic) bond motifs is 4. The average molecular weight is 242 g/mol. The molecular weight excluding hydrogens is 220 g/mol. The van der Waals surface area contributed by atoms with Crippen molar-refractivity contribution >= 4 is 5.78 Å². The molecule has 0 saturated heterocycles. The maximum Gasteiger partial charge on any atom is 0.182 e. The number of hydrogen-bond donors (Lipinski definition) is 0. The van der Waals surface area contributed by atoms with Gasteiger partial charge < -0.3 is 0 Å². The van der Waals surface area contributed by atoms with Crippen LogP contribution < -0.4 is 0 Å². The van der Waals surface area contributed by atoms with E-state index in [2.05, 4.69) is 6.08 Å². The topological polar surface area (TPSA) is 17.1 Å². The molecule has 18 heavy (non-hydrogen) atoms. The Morgan fingerprint density at radius 2 is 1.78 bits per heavy atom. The summed E-state index contributed by atoms with van der Waals surface area (Å²) in [6, 6.07) is 0. The number of hydrogen-bond acceptors (Lipinski definition) is 1. The van der Waals surface area contributed by atoms with Gasteiger partial charge in [-0.25, -0.2) is 0 Å². The van der Waals surface area contributed by atoms with Gasteiger partial charge in [0.25, 0.3) is 0 Å². The van der Waals surface area contributed by atoms with Crippen LogP contribution in [-0.4, -0.2) is 5.78 Å². The summed E-state index contributed by atoms with van der Waals surface area (Å²) in [7, 11) is 0. The average Bonchev–Trinajstić information content (AvgIpc) is 2.80. The molecule has 0 N–H and O–H groups in total. The number of carbonyl (C=O) groups is 1. The number of allylic oxidation sites excluding steroid dienone is 4. The number of ketones is 1. The quantitative estimate of drug-likeness (QED) is 0.626. The van der Waals surface area contributed by atoms with Gasteiger partial charge in [-0.15, -0.1) is 0 Å². The Hall–Kier alpha value is -0.850. The van der Waals surface area contributed by atoms with Crippen molar-refractivity contribution in [3.8, 4) is 0 Å². The zero-order valence-corrected chi connectivity index (χ0v) is 11.0. The molecule has 2 saturated carbocycles. The first-order valence-electron chi connectivity index (χ1n) is 7.80. The van der Waals surface area contributed by atoms with Crippen molar-refractivity contribution in [3.63, 3.8) is 0 Å². The summed E-state index contributed by atoms with van der Waals surface area (Å²) >= 11 is 0. The molecule has 0 aromatic rings. The summed E-state index contributed by atoms with van der Waals surface area (Å²) in [6.45, 7) is 0. The van der Waals surface area contributed by atoms with E-state index < -0.39 is 0 Å². The lowest BCUT2D eigenvalue weighted by molar-refractivity contribution is -0.111. The maximum atomic E-state index is 11.8. The Bertz CT molecular complexity index is 443. The standard InChI is InChI=1S/C17H22O/c18-17-10-9-15-14-6-5-11-3-1-2-4-12(11)13(14)7-8-16(15)17/h9-14H,1-8H2. The minimum atomic E-state index is 0.314. The molecule has 0 aromatic carbocycles. The first-order chi connectivity index (χ1) is 8.84. The lowest BCUT2D eigenvalue weighted by atomic mass is 9.57. The molecule has 0 amide bonds. The van der Waals surface area contributed by atoms with Gasteiger partial charge in [0, 0.05) is 5.57 Å². The molecule has 1 nitrogen and oxygen atoms in total. The summed E-state index contributed by atoms with van der Waals surface area (Å²) in [5, 5.41) is 0. The molecule has 1 heteroatoms. The second kappa shape index (κ2) is 4.08. The van der Waals surface area contributed by atoms with Crippen molar-refractivity contribution in [2.75, 3.05) is 0 Å². The van der Waals surface area contributed by atoms with Crippen molar-refractivity contribution < 1.29 is 4.79 Å². The van der Waals surface area contributed by atoms with Gasteiger partial charge in [0.2, 0.25) is 0 Å². The van der Waals surface area contributed by atoms with E-state index in [1.165, 1.54) is 56.1 Å². The van der Waals surface area contributed by atoms with Crippen LogP contribution in [0.3, 0.4) is 0 Å². The first kappa shape index (κ1) is 11.0. The van der Waals surface area contributed by atoms with E-state index in [4.69, 9.17) is 0 Å². The van der Waals surface area contributed by atoms with Crippen LogP contribution in [0.15, 0.2) is 23.3 Å². The second-order valence-electron chi connectivity index (χ2n) is 6.73. The van der Waals surface area contributed by atoms with Gasteiger partial charge in [0.1, 0.15) is 0 Å². The monoisotopic (exact) mass is 242 g/mol. The molecule has 0 heterocycles. The molecule has 2 fully saturated rings. The Morgan fingerprint density at radius 3 is 2.72 bits per heavy atom. The molecule has 4 unspecified atom stereocenters. The van der Waals surface area contributed by atoms with Crippen molar-refractivity contribution in [1.29, 1.82) is 0 Å². The van der Waals surface area contributed by atoms with Gasteiger partial charge >= 0.3 is 0 Å². The molecule has 96 valence electrons. The molecule has 4 rings (SSSR count). The summed E-state index contributed by atoms with van der Waals surface area (Å²) in [4.78, 5) is 11.8. The highest BCUT2D eigenvalue weighted by Crippen LogP contribution is 2.53. The van der Waals surface area contributed by atoms with E-state index in [9.17, 15) is 4.79 Å². The predicted molar refractivity (Wildman–Crippen MR) is 72.1 cm³/mol. The van der Waals surface area contributed by atoms with Gasteiger partial charge in [-0.05, 0) is 67.4 Å². The third-order valence-corrected chi connectivity index (χ3v) is 6.07. The van der Waals surface area contributed by atoms with Crippen LogP contribution in [0.1, 0.15) is 51.4 Å². The Balaban J connectivity index is 1.66. The first-order valence-corrected chi connectivity index (χ1v) is 7.80.